The van der Waals surface area contributed by atoms with E-state index in [2.05, 4.69) is 54.0 Å². The Morgan fingerprint density at radius 1 is 1.08 bits per heavy atom. The second-order valence-electron chi connectivity index (χ2n) is 9.33. The Morgan fingerprint density at radius 2 is 1.97 bits per heavy atom. The quantitative estimate of drug-likeness (QED) is 0.426. The number of H-pyrrole nitrogens is 1. The summed E-state index contributed by atoms with van der Waals surface area (Å²) in [5.74, 6) is 1.75. The zero-order chi connectivity index (χ0) is 24.5. The number of carbonyl (C=O) groups is 1. The molecule has 1 atom stereocenters. The van der Waals surface area contributed by atoms with E-state index in [-0.39, 0.29) is 18.5 Å². The Labute approximate surface area is 209 Å². The molecule has 36 heavy (non-hydrogen) atoms. The fraction of sp³-hybridized carbons (Fsp3) is 0.385. The predicted octanol–water partition coefficient (Wildman–Crippen LogP) is 2.16. The van der Waals surface area contributed by atoms with Gasteiger partial charge < -0.3 is 30.2 Å². The molecular weight excluding hydrogens is 456 g/mol. The number of nitrogens with two attached hydrogens (primary N) is 1. The summed E-state index contributed by atoms with van der Waals surface area (Å²) in [5.41, 5.74) is 8.22. The van der Waals surface area contributed by atoms with E-state index in [9.17, 15) is 4.79 Å². The third-order valence-corrected chi connectivity index (χ3v) is 7.28. The van der Waals surface area contributed by atoms with Gasteiger partial charge in [-0.3, -0.25) is 4.79 Å². The Bertz CT molecular complexity index is 1380. The molecule has 2 fully saturated rings. The van der Waals surface area contributed by atoms with Crippen molar-refractivity contribution >= 4 is 39.3 Å². The molecule has 0 aliphatic carbocycles. The molecule has 0 bridgehead atoms. The minimum absolute atomic E-state index is 0.0137. The molecule has 2 aromatic carbocycles. The molecule has 2 aromatic heterocycles. The number of piperazine rings is 1. The zero-order valence-corrected chi connectivity index (χ0v) is 20.1. The van der Waals surface area contributed by atoms with E-state index in [1.165, 1.54) is 0 Å². The summed E-state index contributed by atoms with van der Waals surface area (Å²) in [5, 5.41) is 2.24. The summed E-state index contributed by atoms with van der Waals surface area (Å²) >= 11 is 0. The summed E-state index contributed by atoms with van der Waals surface area (Å²) in [4.78, 5) is 34.7. The first-order valence-corrected chi connectivity index (χ1v) is 12.5. The molecular formula is C26H30N8O2. The minimum Gasteiger partial charge on any atom is -0.491 e. The summed E-state index contributed by atoms with van der Waals surface area (Å²) < 4.78 is 6.46. The van der Waals surface area contributed by atoms with Crippen LogP contribution in [0.1, 0.15) is 12.8 Å². The summed E-state index contributed by atoms with van der Waals surface area (Å²) in [6.07, 6.45) is 5.37. The van der Waals surface area contributed by atoms with E-state index >= 15 is 0 Å². The Morgan fingerprint density at radius 3 is 2.83 bits per heavy atom. The Balaban J connectivity index is 1.19. The predicted molar refractivity (Wildman–Crippen MR) is 139 cm³/mol. The number of hydrogen-bond acceptors (Lipinski definition) is 8. The summed E-state index contributed by atoms with van der Waals surface area (Å²) in [6, 6.07) is 12.9. The molecule has 1 amide bonds. The van der Waals surface area contributed by atoms with Crippen molar-refractivity contribution in [2.75, 3.05) is 55.7 Å². The molecule has 3 N–H and O–H groups in total. The molecule has 2 aliphatic rings. The number of aromatic nitrogens is 4. The van der Waals surface area contributed by atoms with Gasteiger partial charge in [-0.05, 0) is 36.4 Å². The number of hydrogen-bond donors (Lipinski definition) is 2. The first-order chi connectivity index (χ1) is 17.7. The van der Waals surface area contributed by atoms with Crippen LogP contribution in [0, 0.1) is 0 Å². The van der Waals surface area contributed by atoms with E-state index in [1.807, 2.05) is 17.0 Å². The number of amides is 1. The third kappa shape index (κ3) is 4.17. The van der Waals surface area contributed by atoms with E-state index in [4.69, 9.17) is 10.5 Å². The van der Waals surface area contributed by atoms with Gasteiger partial charge in [0.2, 0.25) is 5.91 Å². The number of anilines is 2. The van der Waals surface area contributed by atoms with Crippen LogP contribution in [0.25, 0.3) is 21.9 Å². The van der Waals surface area contributed by atoms with Gasteiger partial charge in [-0.15, -0.1) is 0 Å². The highest BCUT2D eigenvalue weighted by molar-refractivity contribution is 5.91. The number of nitrogens with one attached hydrogen (secondary N) is 1. The first kappa shape index (κ1) is 22.5. The summed E-state index contributed by atoms with van der Waals surface area (Å²) in [7, 11) is 0. The molecule has 2 aliphatic heterocycles. The highest BCUT2D eigenvalue weighted by Crippen LogP contribution is 2.32. The fourth-order valence-corrected chi connectivity index (χ4v) is 5.33. The lowest BCUT2D eigenvalue weighted by molar-refractivity contribution is -0.129. The number of imidazole rings is 1. The average molecular weight is 487 g/mol. The highest BCUT2D eigenvalue weighted by Gasteiger charge is 2.29. The molecule has 6 rings (SSSR count). The van der Waals surface area contributed by atoms with Crippen LogP contribution in [-0.4, -0.2) is 82.7 Å². The molecule has 1 unspecified atom stereocenters. The van der Waals surface area contributed by atoms with Crippen molar-refractivity contribution in [1.82, 2.24) is 24.8 Å². The van der Waals surface area contributed by atoms with Crippen molar-refractivity contribution in [3.63, 3.8) is 0 Å². The maximum absolute atomic E-state index is 11.9. The fourth-order valence-electron chi connectivity index (χ4n) is 5.33. The second kappa shape index (κ2) is 9.62. The van der Waals surface area contributed by atoms with Gasteiger partial charge >= 0.3 is 0 Å². The van der Waals surface area contributed by atoms with Crippen LogP contribution in [0.15, 0.2) is 49.1 Å². The van der Waals surface area contributed by atoms with Crippen LogP contribution in [0.2, 0.25) is 0 Å². The molecule has 0 radical (unpaired) electrons. The highest BCUT2D eigenvalue weighted by atomic mass is 16.5. The van der Waals surface area contributed by atoms with Crippen LogP contribution in [0.3, 0.4) is 0 Å². The number of fused-ring (bicyclic) bond motifs is 2. The number of ether oxygens (including phenoxy) is 1. The van der Waals surface area contributed by atoms with Gasteiger partial charge in [0, 0.05) is 43.8 Å². The Hall–Kier alpha value is -3.92. The van der Waals surface area contributed by atoms with Gasteiger partial charge in [0.1, 0.15) is 24.2 Å². The number of aromatic amines is 1. The standard InChI is InChI=1S/C26H30N8O2/c27-14-23(35)33-11-9-32(10-12-33)19-7-6-18-3-1-5-22(21(18)13-19)36-15-20-4-2-8-34(20)26-24-25(29-16-28-24)30-17-31-26/h1,3,5-7,13,16-17,20H,2,4,8-12,14-15,27H2,(H,28,29,30,31). The van der Waals surface area contributed by atoms with Crippen molar-refractivity contribution in [3.05, 3.63) is 49.1 Å². The first-order valence-electron chi connectivity index (χ1n) is 12.5. The van der Waals surface area contributed by atoms with Gasteiger partial charge in [0.25, 0.3) is 0 Å². The zero-order valence-electron chi connectivity index (χ0n) is 20.1. The van der Waals surface area contributed by atoms with Crippen LogP contribution in [-0.2, 0) is 4.79 Å². The number of carbonyl (C=O) groups excluding carboxylic acids is 1. The largest absolute Gasteiger partial charge is 0.491 e. The van der Waals surface area contributed by atoms with Crippen LogP contribution < -0.4 is 20.3 Å². The van der Waals surface area contributed by atoms with Crippen molar-refractivity contribution in [2.45, 2.75) is 18.9 Å². The van der Waals surface area contributed by atoms with Crippen molar-refractivity contribution in [3.8, 4) is 5.75 Å². The van der Waals surface area contributed by atoms with Gasteiger partial charge in [0.15, 0.2) is 11.5 Å². The average Bonchev–Trinajstić information content (AvgIpc) is 3.61. The Kier molecular flexibility index (Phi) is 6.02. The van der Waals surface area contributed by atoms with Crippen LogP contribution in [0.5, 0.6) is 5.75 Å². The van der Waals surface area contributed by atoms with Crippen molar-refractivity contribution < 1.29 is 9.53 Å². The molecule has 4 heterocycles. The molecule has 4 aromatic rings. The monoisotopic (exact) mass is 486 g/mol. The maximum Gasteiger partial charge on any atom is 0.236 e. The maximum atomic E-state index is 11.9. The van der Waals surface area contributed by atoms with E-state index in [0.29, 0.717) is 19.7 Å². The van der Waals surface area contributed by atoms with Gasteiger partial charge in [-0.1, -0.05) is 18.2 Å². The summed E-state index contributed by atoms with van der Waals surface area (Å²) in [6.45, 7) is 4.52. The van der Waals surface area contributed by atoms with Crippen LogP contribution >= 0.6 is 0 Å². The smallest absolute Gasteiger partial charge is 0.236 e. The van der Waals surface area contributed by atoms with E-state index < -0.39 is 0 Å². The lowest BCUT2D eigenvalue weighted by Crippen LogP contribution is -2.50. The van der Waals surface area contributed by atoms with Crippen molar-refractivity contribution in [2.24, 2.45) is 5.73 Å². The normalized spacial score (nSPS) is 18.4. The topological polar surface area (TPSA) is 117 Å². The minimum atomic E-state index is 0.0137. The molecule has 186 valence electrons. The van der Waals surface area contributed by atoms with E-state index in [1.54, 1.807) is 12.7 Å². The van der Waals surface area contributed by atoms with Gasteiger partial charge in [-0.2, -0.15) is 0 Å². The molecule has 10 nitrogen and oxygen atoms in total. The lowest BCUT2D eigenvalue weighted by Gasteiger charge is -2.36. The second-order valence-corrected chi connectivity index (χ2v) is 9.33. The van der Waals surface area contributed by atoms with E-state index in [0.717, 1.165) is 71.7 Å². The molecule has 0 spiro atoms. The lowest BCUT2D eigenvalue weighted by atomic mass is 10.1. The van der Waals surface area contributed by atoms with Gasteiger partial charge in [0.05, 0.1) is 18.9 Å². The molecule has 2 saturated heterocycles. The molecule has 10 heteroatoms. The number of benzene rings is 2. The third-order valence-electron chi connectivity index (χ3n) is 7.28. The number of nitrogens with zero attached hydrogens (tertiary/aromatic N) is 6. The van der Waals surface area contributed by atoms with Gasteiger partial charge in [-0.25, -0.2) is 15.0 Å². The molecule has 0 saturated carbocycles. The SMILES string of the molecule is NCC(=O)N1CCN(c2ccc3cccc(OCC4CCCN4c4ncnc5[nH]cnc45)c3c2)CC1. The van der Waals surface area contributed by atoms with Crippen LogP contribution in [0.4, 0.5) is 11.5 Å². The van der Waals surface area contributed by atoms with Crippen molar-refractivity contribution in [1.29, 1.82) is 0 Å². The number of rotatable bonds is 6.